The van der Waals surface area contributed by atoms with Gasteiger partial charge in [0, 0.05) is 26.2 Å². The molecule has 7 nitrogen and oxygen atoms in total. The van der Waals surface area contributed by atoms with Crippen LogP contribution in [0.1, 0.15) is 17.1 Å². The highest BCUT2D eigenvalue weighted by Gasteiger charge is 2.16. The van der Waals surface area contributed by atoms with Crippen molar-refractivity contribution in [2.45, 2.75) is 29.7 Å². The molecular formula is C17H21N3O4S2. The third-order valence-electron chi connectivity index (χ3n) is 3.56. The maximum atomic E-state index is 12.1. The largest absolute Gasteiger partial charge is 0.481 e. The van der Waals surface area contributed by atoms with Crippen LogP contribution in [0.5, 0.6) is 0 Å². The van der Waals surface area contributed by atoms with E-state index in [0.717, 1.165) is 23.0 Å². The Morgan fingerprint density at radius 1 is 1.15 bits per heavy atom. The molecule has 0 radical (unpaired) electrons. The van der Waals surface area contributed by atoms with Gasteiger partial charge in [0.25, 0.3) is 0 Å². The molecule has 1 heterocycles. The van der Waals surface area contributed by atoms with Crippen LogP contribution in [-0.4, -0.2) is 53.6 Å². The van der Waals surface area contributed by atoms with Crippen LogP contribution in [0, 0.1) is 6.92 Å². The molecule has 0 saturated carbocycles. The Bertz CT molecular complexity index is 881. The van der Waals surface area contributed by atoms with Crippen LogP contribution in [0.3, 0.4) is 0 Å². The number of hydrogen-bond acceptors (Lipinski definition) is 6. The zero-order valence-electron chi connectivity index (χ0n) is 14.8. The zero-order chi connectivity index (χ0) is 19.3. The van der Waals surface area contributed by atoms with Gasteiger partial charge in [-0.1, -0.05) is 23.9 Å². The summed E-state index contributed by atoms with van der Waals surface area (Å²) in [6.45, 7) is 1.84. The van der Waals surface area contributed by atoms with Gasteiger partial charge in [0.15, 0.2) is 0 Å². The van der Waals surface area contributed by atoms with Crippen molar-refractivity contribution in [3.8, 4) is 0 Å². The Labute approximate surface area is 157 Å². The molecule has 9 heteroatoms. The topological polar surface area (TPSA) is 100 Å². The Morgan fingerprint density at radius 3 is 2.38 bits per heavy atom. The van der Waals surface area contributed by atoms with Gasteiger partial charge >= 0.3 is 5.97 Å². The summed E-state index contributed by atoms with van der Waals surface area (Å²) in [5.74, 6) is -0.291. The van der Waals surface area contributed by atoms with Gasteiger partial charge in [0.2, 0.25) is 10.0 Å². The molecule has 1 aromatic carbocycles. The number of nitrogens with zero attached hydrogens (tertiary/aromatic N) is 3. The number of carbonyl (C=O) groups is 1. The smallest absolute Gasteiger partial charge is 0.313 e. The third-order valence-corrected chi connectivity index (χ3v) is 6.29. The van der Waals surface area contributed by atoms with Crippen molar-refractivity contribution in [3.63, 3.8) is 0 Å². The molecule has 0 spiro atoms. The first-order chi connectivity index (χ1) is 12.2. The van der Waals surface area contributed by atoms with E-state index >= 15 is 0 Å². The molecule has 1 aromatic heterocycles. The molecule has 0 aliphatic rings. The molecule has 0 unspecified atom stereocenters. The first kappa shape index (κ1) is 20.3. The van der Waals surface area contributed by atoms with E-state index in [1.54, 1.807) is 30.3 Å². The Kier molecular flexibility index (Phi) is 6.74. The minimum Gasteiger partial charge on any atom is -0.481 e. The molecule has 26 heavy (non-hydrogen) atoms. The van der Waals surface area contributed by atoms with Gasteiger partial charge in [0.05, 0.1) is 10.6 Å². The molecular weight excluding hydrogens is 374 g/mol. The summed E-state index contributed by atoms with van der Waals surface area (Å²) in [6, 6.07) is 8.52. The van der Waals surface area contributed by atoms with Crippen LogP contribution in [0.2, 0.25) is 0 Å². The van der Waals surface area contributed by atoms with Crippen LogP contribution in [-0.2, 0) is 27.7 Å². The van der Waals surface area contributed by atoms with E-state index in [9.17, 15) is 13.2 Å². The number of sulfonamides is 1. The summed E-state index contributed by atoms with van der Waals surface area (Å²) in [6.07, 6.45) is 1.25. The summed E-state index contributed by atoms with van der Waals surface area (Å²) < 4.78 is 25.3. The molecule has 0 amide bonds. The minimum absolute atomic E-state index is 0.0439. The van der Waals surface area contributed by atoms with Crippen molar-refractivity contribution < 1.29 is 18.3 Å². The predicted octanol–water partition coefficient (Wildman–Crippen LogP) is 2.00. The molecule has 2 aromatic rings. The van der Waals surface area contributed by atoms with Crippen molar-refractivity contribution in [3.05, 3.63) is 47.4 Å². The standard InChI is InChI=1S/C17H21N3O4S2/c1-12-10-16(25-11-17(21)22)19-15(18-12)9-6-13-4-7-14(8-5-13)26(23,24)20(2)3/h4-5,7-8,10H,6,9,11H2,1-3H3,(H,21,22). The number of thioether (sulfide) groups is 1. The summed E-state index contributed by atoms with van der Waals surface area (Å²) >= 11 is 1.16. The highest BCUT2D eigenvalue weighted by atomic mass is 32.2. The normalized spacial score (nSPS) is 11.7. The van der Waals surface area contributed by atoms with Crippen molar-refractivity contribution in [2.24, 2.45) is 0 Å². The molecule has 0 fully saturated rings. The number of carboxylic acid groups (broad SMARTS) is 1. The quantitative estimate of drug-likeness (QED) is 0.539. The molecule has 1 N–H and O–H groups in total. The first-order valence-electron chi connectivity index (χ1n) is 7.89. The van der Waals surface area contributed by atoms with Crippen LogP contribution in [0.4, 0.5) is 0 Å². The lowest BCUT2D eigenvalue weighted by Crippen LogP contribution is -2.22. The Morgan fingerprint density at radius 2 is 1.81 bits per heavy atom. The zero-order valence-corrected chi connectivity index (χ0v) is 16.5. The second kappa shape index (κ2) is 8.61. The van der Waals surface area contributed by atoms with E-state index in [2.05, 4.69) is 9.97 Å². The minimum atomic E-state index is -3.43. The van der Waals surface area contributed by atoms with Crippen molar-refractivity contribution in [1.29, 1.82) is 0 Å². The highest BCUT2D eigenvalue weighted by Crippen LogP contribution is 2.18. The number of rotatable bonds is 8. The van der Waals surface area contributed by atoms with Crippen molar-refractivity contribution >= 4 is 27.8 Å². The maximum absolute atomic E-state index is 12.1. The number of aromatic nitrogens is 2. The second-order valence-electron chi connectivity index (χ2n) is 5.88. The fraction of sp³-hybridized carbons (Fsp3) is 0.353. The summed E-state index contributed by atoms with van der Waals surface area (Å²) in [5, 5.41) is 9.41. The van der Waals surface area contributed by atoms with Crippen LogP contribution in [0.15, 0.2) is 40.3 Å². The second-order valence-corrected chi connectivity index (χ2v) is 9.03. The van der Waals surface area contributed by atoms with E-state index in [1.165, 1.54) is 18.4 Å². The number of aliphatic carboxylic acids is 1. The number of benzene rings is 1. The summed E-state index contributed by atoms with van der Waals surface area (Å²) in [7, 11) is -0.431. The monoisotopic (exact) mass is 395 g/mol. The molecule has 0 aliphatic carbocycles. The highest BCUT2D eigenvalue weighted by molar-refractivity contribution is 7.99. The van der Waals surface area contributed by atoms with E-state index in [4.69, 9.17) is 5.11 Å². The van der Waals surface area contributed by atoms with Gasteiger partial charge in [-0.3, -0.25) is 4.79 Å². The van der Waals surface area contributed by atoms with Crippen LogP contribution < -0.4 is 0 Å². The number of carboxylic acids is 1. The fourth-order valence-electron chi connectivity index (χ4n) is 2.22. The van der Waals surface area contributed by atoms with E-state index in [0.29, 0.717) is 23.7 Å². The summed E-state index contributed by atoms with van der Waals surface area (Å²) in [4.78, 5) is 19.7. The molecule has 2 rings (SSSR count). The van der Waals surface area contributed by atoms with Crippen LogP contribution in [0.25, 0.3) is 0 Å². The van der Waals surface area contributed by atoms with Crippen molar-refractivity contribution in [1.82, 2.24) is 14.3 Å². The Hall–Kier alpha value is -1.97. The van der Waals surface area contributed by atoms with Gasteiger partial charge in [-0.25, -0.2) is 22.7 Å². The molecule has 0 aliphatic heterocycles. The molecule has 140 valence electrons. The van der Waals surface area contributed by atoms with Gasteiger partial charge in [-0.15, -0.1) is 0 Å². The SMILES string of the molecule is Cc1cc(SCC(=O)O)nc(CCc2ccc(S(=O)(=O)N(C)C)cc2)n1. The van der Waals surface area contributed by atoms with Crippen LogP contribution >= 0.6 is 11.8 Å². The average molecular weight is 396 g/mol. The Balaban J connectivity index is 2.06. The number of aryl methyl sites for hydroxylation is 3. The van der Waals surface area contributed by atoms with E-state index < -0.39 is 16.0 Å². The van der Waals surface area contributed by atoms with E-state index in [-0.39, 0.29) is 10.6 Å². The third kappa shape index (κ3) is 5.52. The van der Waals surface area contributed by atoms with Gasteiger partial charge in [0.1, 0.15) is 10.9 Å². The van der Waals surface area contributed by atoms with Crippen molar-refractivity contribution in [2.75, 3.05) is 19.8 Å². The van der Waals surface area contributed by atoms with Gasteiger partial charge < -0.3 is 5.11 Å². The molecule has 0 atom stereocenters. The van der Waals surface area contributed by atoms with Gasteiger partial charge in [-0.2, -0.15) is 0 Å². The summed E-state index contributed by atoms with van der Waals surface area (Å²) in [5.41, 5.74) is 1.77. The fourth-order valence-corrected chi connectivity index (χ4v) is 3.81. The lowest BCUT2D eigenvalue weighted by molar-refractivity contribution is -0.133. The average Bonchev–Trinajstić information content (AvgIpc) is 2.58. The molecule has 0 bridgehead atoms. The number of hydrogen-bond donors (Lipinski definition) is 1. The predicted molar refractivity (Wildman–Crippen MR) is 99.9 cm³/mol. The lowest BCUT2D eigenvalue weighted by Gasteiger charge is -2.11. The lowest BCUT2D eigenvalue weighted by atomic mass is 10.1. The van der Waals surface area contributed by atoms with Gasteiger partial charge in [-0.05, 0) is 37.1 Å². The first-order valence-corrected chi connectivity index (χ1v) is 10.3. The maximum Gasteiger partial charge on any atom is 0.313 e. The van der Waals surface area contributed by atoms with E-state index in [1.807, 2.05) is 6.92 Å². The molecule has 0 saturated heterocycles.